The zero-order valence-electron chi connectivity index (χ0n) is 13.6. The maximum atomic E-state index is 11.6. The lowest BCUT2D eigenvalue weighted by Gasteiger charge is -2.30. The number of carbonyl (C=O) groups excluding carboxylic acids is 1. The van der Waals surface area contributed by atoms with Crippen LogP contribution in [-0.4, -0.2) is 24.6 Å². The molecule has 1 heterocycles. The highest BCUT2D eigenvalue weighted by molar-refractivity contribution is 5.90. The zero-order chi connectivity index (χ0) is 16.9. The number of benzene rings is 1. The molecule has 0 saturated heterocycles. The average Bonchev–Trinajstić information content (AvgIpc) is 2.58. The van der Waals surface area contributed by atoms with Gasteiger partial charge in [0.25, 0.3) is 5.91 Å². The van der Waals surface area contributed by atoms with Crippen LogP contribution in [-0.2, 0) is 9.53 Å². The third kappa shape index (κ3) is 3.72. The van der Waals surface area contributed by atoms with Gasteiger partial charge in [-0.05, 0) is 30.0 Å². The molecule has 0 saturated carbocycles. The first kappa shape index (κ1) is 16.4. The van der Waals surface area contributed by atoms with E-state index in [2.05, 4.69) is 22.4 Å². The molecule has 0 fully saturated rings. The highest BCUT2D eigenvalue weighted by Crippen LogP contribution is 2.37. The van der Waals surface area contributed by atoms with Crippen molar-refractivity contribution in [2.45, 2.75) is 25.0 Å². The lowest BCUT2D eigenvalue weighted by Crippen LogP contribution is -2.23. The maximum absolute atomic E-state index is 11.6. The summed E-state index contributed by atoms with van der Waals surface area (Å²) in [5.41, 5.74) is 8.44. The van der Waals surface area contributed by atoms with Crippen molar-refractivity contribution in [1.29, 1.82) is 0 Å². The first-order valence-electron chi connectivity index (χ1n) is 7.93. The van der Waals surface area contributed by atoms with E-state index >= 15 is 0 Å². The second kappa shape index (κ2) is 7.42. The number of fused-ring (bicyclic) bond motifs is 1. The number of anilines is 1. The molecule has 2 aromatic rings. The minimum absolute atomic E-state index is 0.0132. The van der Waals surface area contributed by atoms with Gasteiger partial charge in [-0.2, -0.15) is 0 Å². The molecule has 6 heteroatoms. The highest BCUT2D eigenvalue weighted by Gasteiger charge is 2.26. The number of aromatic nitrogens is 1. The van der Waals surface area contributed by atoms with Crippen molar-refractivity contribution in [3.05, 3.63) is 53.7 Å². The smallest absolute Gasteiger partial charge is 0.251 e. The number of nitrogens with two attached hydrogens (primary N) is 1. The number of hydrogen-bond acceptors (Lipinski definition) is 5. The van der Waals surface area contributed by atoms with E-state index in [-0.39, 0.29) is 24.7 Å². The van der Waals surface area contributed by atoms with Crippen LogP contribution in [0.5, 0.6) is 5.75 Å². The monoisotopic (exact) mass is 327 g/mol. The molecule has 1 amide bonds. The molecule has 3 rings (SSSR count). The second-order valence-corrected chi connectivity index (χ2v) is 5.78. The Labute approximate surface area is 141 Å². The van der Waals surface area contributed by atoms with Gasteiger partial charge in [0, 0.05) is 25.4 Å². The van der Waals surface area contributed by atoms with Crippen molar-refractivity contribution in [3.63, 3.8) is 0 Å². The van der Waals surface area contributed by atoms with Crippen LogP contribution in [0, 0.1) is 0 Å². The van der Waals surface area contributed by atoms with Crippen molar-refractivity contribution in [1.82, 2.24) is 4.98 Å². The molecule has 0 aliphatic heterocycles. The molecule has 1 aliphatic carbocycles. The Balaban J connectivity index is 1.75. The van der Waals surface area contributed by atoms with Gasteiger partial charge in [0.2, 0.25) is 0 Å². The van der Waals surface area contributed by atoms with Crippen LogP contribution in [0.25, 0.3) is 0 Å². The third-order valence-electron chi connectivity index (χ3n) is 4.03. The number of methoxy groups -OCH3 is 1. The molecule has 1 aliphatic rings. The van der Waals surface area contributed by atoms with Crippen LogP contribution in [0.1, 0.15) is 36.1 Å². The zero-order valence-corrected chi connectivity index (χ0v) is 13.6. The van der Waals surface area contributed by atoms with E-state index in [0.717, 1.165) is 24.0 Å². The van der Waals surface area contributed by atoms with E-state index < -0.39 is 0 Å². The summed E-state index contributed by atoms with van der Waals surface area (Å²) >= 11 is 0. The van der Waals surface area contributed by atoms with Crippen LogP contribution >= 0.6 is 0 Å². The van der Waals surface area contributed by atoms with Gasteiger partial charge in [-0.15, -0.1) is 0 Å². The number of amides is 1. The summed E-state index contributed by atoms with van der Waals surface area (Å²) in [4.78, 5) is 15.7. The number of pyridine rings is 1. The molecule has 0 spiro atoms. The fourth-order valence-electron chi connectivity index (χ4n) is 2.93. The largest absolute Gasteiger partial charge is 0.486 e. The van der Waals surface area contributed by atoms with Gasteiger partial charge in [0.1, 0.15) is 24.3 Å². The average molecular weight is 327 g/mol. The Morgan fingerprint density at radius 2 is 2.08 bits per heavy atom. The van der Waals surface area contributed by atoms with Crippen LogP contribution in [0.3, 0.4) is 0 Å². The molecule has 24 heavy (non-hydrogen) atoms. The lowest BCUT2D eigenvalue weighted by molar-refractivity contribution is -0.119. The topological polar surface area (TPSA) is 86.5 Å². The summed E-state index contributed by atoms with van der Waals surface area (Å²) in [6, 6.07) is 11.7. The molecule has 2 atom stereocenters. The van der Waals surface area contributed by atoms with Crippen LogP contribution < -0.4 is 15.8 Å². The fourth-order valence-corrected chi connectivity index (χ4v) is 2.93. The summed E-state index contributed by atoms with van der Waals surface area (Å²) in [7, 11) is 1.47. The summed E-state index contributed by atoms with van der Waals surface area (Å²) in [5.74, 6) is 0.847. The summed E-state index contributed by atoms with van der Waals surface area (Å²) in [6.07, 6.45) is 3.29. The number of hydrogen-bond donors (Lipinski definition) is 2. The Morgan fingerprint density at radius 1 is 1.29 bits per heavy atom. The number of nitrogens with one attached hydrogen (secondary N) is 1. The Hall–Kier alpha value is -2.44. The molecule has 1 aromatic heterocycles. The van der Waals surface area contributed by atoms with E-state index in [4.69, 9.17) is 15.2 Å². The number of carbonyl (C=O) groups is 1. The molecule has 3 N–H and O–H groups in total. The second-order valence-electron chi connectivity index (χ2n) is 5.78. The van der Waals surface area contributed by atoms with Crippen molar-refractivity contribution in [3.8, 4) is 5.75 Å². The normalized spacial score (nSPS) is 19.4. The minimum atomic E-state index is -0.254. The van der Waals surface area contributed by atoms with Gasteiger partial charge in [-0.1, -0.05) is 24.3 Å². The van der Waals surface area contributed by atoms with Crippen molar-refractivity contribution >= 4 is 11.7 Å². The van der Waals surface area contributed by atoms with Gasteiger partial charge in [0.05, 0.1) is 0 Å². The molecule has 0 unspecified atom stereocenters. The van der Waals surface area contributed by atoms with Crippen molar-refractivity contribution in [2.24, 2.45) is 5.73 Å². The van der Waals surface area contributed by atoms with E-state index in [1.54, 1.807) is 18.3 Å². The van der Waals surface area contributed by atoms with E-state index in [1.165, 1.54) is 7.11 Å². The van der Waals surface area contributed by atoms with Crippen LogP contribution in [0.15, 0.2) is 42.6 Å². The van der Waals surface area contributed by atoms with Gasteiger partial charge in [0.15, 0.2) is 0 Å². The molecule has 6 nitrogen and oxygen atoms in total. The molecular formula is C18H21N3O3. The quantitative estimate of drug-likeness (QED) is 0.881. The standard InChI is InChI=1S/C18H21N3O3/c1-23-11-18(22)21-17-10-12(8-9-20-17)24-16-7-6-15(19)13-4-2-3-5-14(13)16/h2-5,8-10,15-16H,6-7,11,19H2,1H3,(H,20,21,22)/t15-,16-/m0/s1. The van der Waals surface area contributed by atoms with E-state index in [9.17, 15) is 4.79 Å². The predicted molar refractivity (Wildman–Crippen MR) is 90.7 cm³/mol. The van der Waals surface area contributed by atoms with Gasteiger partial charge >= 0.3 is 0 Å². The van der Waals surface area contributed by atoms with Crippen LogP contribution in [0.4, 0.5) is 5.82 Å². The molecule has 1 aromatic carbocycles. The molecule has 126 valence electrons. The third-order valence-corrected chi connectivity index (χ3v) is 4.03. The van der Waals surface area contributed by atoms with Crippen molar-refractivity contribution in [2.75, 3.05) is 19.0 Å². The molecular weight excluding hydrogens is 306 g/mol. The SMILES string of the molecule is COCC(=O)Nc1cc(O[C@H]2CC[C@H](N)c3ccccc32)ccn1. The summed E-state index contributed by atoms with van der Waals surface area (Å²) in [6.45, 7) is -0.0132. The first-order valence-corrected chi connectivity index (χ1v) is 7.93. The number of ether oxygens (including phenoxy) is 2. The molecule has 0 radical (unpaired) electrons. The van der Waals surface area contributed by atoms with Crippen molar-refractivity contribution < 1.29 is 14.3 Å². The van der Waals surface area contributed by atoms with E-state index in [0.29, 0.717) is 11.6 Å². The van der Waals surface area contributed by atoms with Gasteiger partial charge in [-0.25, -0.2) is 4.98 Å². The van der Waals surface area contributed by atoms with Gasteiger partial charge < -0.3 is 20.5 Å². The number of nitrogens with zero attached hydrogens (tertiary/aromatic N) is 1. The number of rotatable bonds is 5. The highest BCUT2D eigenvalue weighted by atomic mass is 16.5. The minimum Gasteiger partial charge on any atom is -0.486 e. The maximum Gasteiger partial charge on any atom is 0.251 e. The van der Waals surface area contributed by atoms with Gasteiger partial charge in [-0.3, -0.25) is 4.79 Å². The summed E-state index contributed by atoms with van der Waals surface area (Å²) in [5, 5.41) is 2.67. The summed E-state index contributed by atoms with van der Waals surface area (Å²) < 4.78 is 10.9. The predicted octanol–water partition coefficient (Wildman–Crippen LogP) is 2.58. The Morgan fingerprint density at radius 3 is 2.88 bits per heavy atom. The molecule has 0 bridgehead atoms. The lowest BCUT2D eigenvalue weighted by atomic mass is 9.86. The van der Waals surface area contributed by atoms with E-state index in [1.807, 2.05) is 12.1 Å². The Bertz CT molecular complexity index is 720. The van der Waals surface area contributed by atoms with Crippen LogP contribution in [0.2, 0.25) is 0 Å². The first-order chi connectivity index (χ1) is 11.7. The Kier molecular flexibility index (Phi) is 5.08. The fraction of sp³-hybridized carbons (Fsp3) is 0.333.